The Morgan fingerprint density at radius 1 is 1.52 bits per heavy atom. The Hall–Kier alpha value is -2.22. The molecule has 0 radical (unpaired) electrons. The second-order valence-corrected chi connectivity index (χ2v) is 7.01. The first-order valence-corrected chi connectivity index (χ1v) is 8.21. The van der Waals surface area contributed by atoms with Crippen molar-refractivity contribution < 1.29 is 4.79 Å². The molecular weight excluding hydrogens is 309 g/mol. The predicted octanol–water partition coefficient (Wildman–Crippen LogP) is 0.374. The van der Waals surface area contributed by atoms with Gasteiger partial charge in [-0.3, -0.25) is 15.1 Å². The van der Waals surface area contributed by atoms with Gasteiger partial charge in [0.1, 0.15) is 7.85 Å². The molecular formula is C15H18BN5OS. The van der Waals surface area contributed by atoms with Gasteiger partial charge < -0.3 is 5.32 Å². The molecule has 0 saturated carbocycles. The molecule has 23 heavy (non-hydrogen) atoms. The first-order valence-electron chi connectivity index (χ1n) is 7.33. The van der Waals surface area contributed by atoms with Gasteiger partial charge in [-0.05, 0) is 36.4 Å². The van der Waals surface area contributed by atoms with Crippen LogP contribution in [0.4, 0.5) is 0 Å². The van der Waals surface area contributed by atoms with Gasteiger partial charge in [0.05, 0.1) is 23.9 Å². The highest BCUT2D eigenvalue weighted by atomic mass is 32.1. The molecule has 2 N–H and O–H groups in total. The zero-order valence-corrected chi connectivity index (χ0v) is 14.4. The number of carbonyl (C=O) groups excluding carboxylic acids is 1. The monoisotopic (exact) mass is 327 g/mol. The van der Waals surface area contributed by atoms with Gasteiger partial charge in [0, 0.05) is 11.9 Å². The Balaban J connectivity index is 1.97. The van der Waals surface area contributed by atoms with Gasteiger partial charge in [-0.25, -0.2) is 0 Å². The summed E-state index contributed by atoms with van der Waals surface area (Å²) in [6.45, 7) is 3.91. The van der Waals surface area contributed by atoms with Crippen LogP contribution in [0.25, 0.3) is 11.1 Å². The number of nitrogens with zero attached hydrogens (tertiary/aromatic N) is 3. The van der Waals surface area contributed by atoms with Crippen molar-refractivity contribution in [3.63, 3.8) is 0 Å². The first kappa shape index (κ1) is 15.7. The lowest BCUT2D eigenvalue weighted by atomic mass is 9.87. The molecule has 1 fully saturated rings. The molecule has 0 bridgehead atoms. The van der Waals surface area contributed by atoms with Crippen molar-refractivity contribution in [1.29, 1.82) is 5.41 Å². The van der Waals surface area contributed by atoms with Crippen LogP contribution in [0.15, 0.2) is 17.6 Å². The maximum absolute atomic E-state index is 12.1. The van der Waals surface area contributed by atoms with Crippen molar-refractivity contribution in [1.82, 2.24) is 20.4 Å². The van der Waals surface area contributed by atoms with E-state index in [1.54, 1.807) is 24.6 Å². The zero-order valence-electron chi connectivity index (χ0n) is 13.6. The Morgan fingerprint density at radius 3 is 2.96 bits per heavy atom. The Bertz CT molecular complexity index is 785. The average molecular weight is 327 g/mol. The van der Waals surface area contributed by atoms with E-state index >= 15 is 0 Å². The number of aryl methyl sites for hydroxylation is 1. The van der Waals surface area contributed by atoms with Gasteiger partial charge in [-0.1, -0.05) is 5.46 Å². The highest BCUT2D eigenvalue weighted by molar-refractivity contribution is 7.10. The summed E-state index contributed by atoms with van der Waals surface area (Å²) in [6.07, 6.45) is 2.10. The smallest absolute Gasteiger partial charge is 0.231 e. The van der Waals surface area contributed by atoms with Crippen LogP contribution >= 0.6 is 11.3 Å². The van der Waals surface area contributed by atoms with Gasteiger partial charge in [0.2, 0.25) is 5.91 Å². The predicted molar refractivity (Wildman–Crippen MR) is 93.9 cm³/mol. The third-order valence-corrected chi connectivity index (χ3v) is 5.60. The summed E-state index contributed by atoms with van der Waals surface area (Å²) in [6, 6.07) is 2.08. The average Bonchev–Trinajstić information content (AvgIpc) is 2.98. The molecule has 1 saturated heterocycles. The maximum Gasteiger partial charge on any atom is 0.231 e. The van der Waals surface area contributed by atoms with E-state index in [0.29, 0.717) is 6.42 Å². The number of carbonyl (C=O) groups is 1. The van der Waals surface area contributed by atoms with Crippen LogP contribution in [-0.2, 0) is 10.3 Å². The molecule has 0 aromatic carbocycles. The zero-order chi connectivity index (χ0) is 16.8. The number of thiophene rings is 1. The van der Waals surface area contributed by atoms with Crippen LogP contribution < -0.4 is 10.8 Å². The lowest BCUT2D eigenvalue weighted by Gasteiger charge is -2.38. The van der Waals surface area contributed by atoms with Crippen molar-refractivity contribution in [2.24, 2.45) is 0 Å². The van der Waals surface area contributed by atoms with E-state index < -0.39 is 5.54 Å². The van der Waals surface area contributed by atoms with E-state index in [2.05, 4.69) is 27.0 Å². The maximum atomic E-state index is 12.1. The van der Waals surface area contributed by atoms with E-state index in [-0.39, 0.29) is 11.9 Å². The number of hydrogen-bond donors (Lipinski definition) is 2. The van der Waals surface area contributed by atoms with E-state index in [1.165, 1.54) is 4.90 Å². The van der Waals surface area contributed by atoms with Crippen molar-refractivity contribution in [3.8, 4) is 11.1 Å². The fraction of sp³-hybridized carbons (Fsp3) is 0.333. The number of rotatable bonds is 2. The lowest BCUT2D eigenvalue weighted by molar-refractivity contribution is -0.129. The summed E-state index contributed by atoms with van der Waals surface area (Å²) in [4.78, 5) is 14.5. The van der Waals surface area contributed by atoms with Gasteiger partial charge >= 0.3 is 0 Å². The van der Waals surface area contributed by atoms with Crippen LogP contribution in [0.3, 0.4) is 0 Å². The molecule has 3 rings (SSSR count). The fourth-order valence-corrected chi connectivity index (χ4v) is 3.71. The highest BCUT2D eigenvalue weighted by Crippen LogP contribution is 2.35. The van der Waals surface area contributed by atoms with E-state index in [9.17, 15) is 4.79 Å². The molecule has 0 unspecified atom stereocenters. The molecule has 0 spiro atoms. The Kier molecular flexibility index (Phi) is 3.71. The molecule has 2 aromatic heterocycles. The Labute approximate surface area is 139 Å². The van der Waals surface area contributed by atoms with E-state index in [0.717, 1.165) is 27.2 Å². The second-order valence-electron chi connectivity index (χ2n) is 6.10. The van der Waals surface area contributed by atoms with E-state index in [1.807, 2.05) is 21.7 Å². The summed E-state index contributed by atoms with van der Waals surface area (Å²) < 4.78 is 0. The molecule has 1 amide bonds. The Morgan fingerprint density at radius 2 is 2.26 bits per heavy atom. The van der Waals surface area contributed by atoms with E-state index in [4.69, 9.17) is 5.41 Å². The summed E-state index contributed by atoms with van der Waals surface area (Å²) in [5, 5.41) is 21.3. The van der Waals surface area contributed by atoms with Crippen molar-refractivity contribution in [2.45, 2.75) is 25.8 Å². The molecule has 118 valence electrons. The van der Waals surface area contributed by atoms with Gasteiger partial charge in [-0.2, -0.15) is 10.2 Å². The second kappa shape index (κ2) is 5.45. The van der Waals surface area contributed by atoms with Crippen LogP contribution in [0.2, 0.25) is 0 Å². The minimum atomic E-state index is -0.549. The quantitative estimate of drug-likeness (QED) is 0.781. The van der Waals surface area contributed by atoms with Crippen molar-refractivity contribution in [2.75, 3.05) is 7.05 Å². The normalized spacial score (nSPS) is 21.4. The number of hydrogen-bond acceptors (Lipinski definition) is 5. The number of aromatic nitrogens is 2. The minimum Gasteiger partial charge on any atom is -0.345 e. The summed E-state index contributed by atoms with van der Waals surface area (Å²) >= 11 is 1.59. The molecule has 8 heteroatoms. The third kappa shape index (κ3) is 2.63. The largest absolute Gasteiger partial charge is 0.345 e. The van der Waals surface area contributed by atoms with Gasteiger partial charge in [0.15, 0.2) is 5.96 Å². The van der Waals surface area contributed by atoms with Gasteiger partial charge in [-0.15, -0.1) is 11.3 Å². The first-order chi connectivity index (χ1) is 10.8. The summed E-state index contributed by atoms with van der Waals surface area (Å²) in [5.74, 6) is 0.0834. The fourth-order valence-electron chi connectivity index (χ4n) is 2.68. The lowest BCUT2D eigenvalue weighted by Crippen LogP contribution is -2.57. The molecule has 3 heterocycles. The molecule has 1 aliphatic rings. The molecule has 0 aliphatic carbocycles. The minimum absolute atomic E-state index is 0.0520. The van der Waals surface area contributed by atoms with Crippen molar-refractivity contribution in [3.05, 3.63) is 28.2 Å². The topological polar surface area (TPSA) is 82.0 Å². The standard InChI is InChI=1S/C15H18BN5OS/c1-8-13(16)10(6-18-20-8)9-4-11(23-7-9)15(2)5-12(22)21(3)14(17)19-15/h4,6-7H,5,16H2,1-3H3,(H2,17,19)/t15-/m0/s1. The van der Waals surface area contributed by atoms with Gasteiger partial charge in [0.25, 0.3) is 0 Å². The van der Waals surface area contributed by atoms with Crippen LogP contribution in [0, 0.1) is 12.3 Å². The van der Waals surface area contributed by atoms with Crippen LogP contribution in [0.5, 0.6) is 0 Å². The molecule has 1 atom stereocenters. The summed E-state index contributed by atoms with van der Waals surface area (Å²) in [7, 11) is 3.65. The third-order valence-electron chi connectivity index (χ3n) is 4.40. The van der Waals surface area contributed by atoms with Crippen LogP contribution in [-0.4, -0.2) is 41.9 Å². The summed E-state index contributed by atoms with van der Waals surface area (Å²) in [5.41, 5.74) is 3.59. The molecule has 2 aromatic rings. The molecule has 1 aliphatic heterocycles. The number of amides is 1. The number of nitrogens with one attached hydrogen (secondary N) is 2. The molecule has 6 nitrogen and oxygen atoms in total. The number of guanidine groups is 1. The van der Waals surface area contributed by atoms with Crippen LogP contribution in [0.1, 0.15) is 23.9 Å². The van der Waals surface area contributed by atoms with Crippen molar-refractivity contribution >= 4 is 36.5 Å². The SMILES string of the molecule is Bc1c(-c2csc([C@]3(C)CC(=O)N(C)C(=N)N3)c2)cnnc1C. The highest BCUT2D eigenvalue weighted by Gasteiger charge is 2.38.